The third kappa shape index (κ3) is 4.34. The highest BCUT2D eigenvalue weighted by Gasteiger charge is 2.67. The van der Waals surface area contributed by atoms with Crippen molar-refractivity contribution < 1.29 is 58.2 Å². The second-order valence-corrected chi connectivity index (χ2v) is 11.4. The van der Waals surface area contributed by atoms with Gasteiger partial charge in [0.1, 0.15) is 30.5 Å². The molecule has 0 spiro atoms. The molecule has 214 valence electrons. The van der Waals surface area contributed by atoms with Crippen molar-refractivity contribution in [3.63, 3.8) is 0 Å². The van der Waals surface area contributed by atoms with Gasteiger partial charge in [-0.05, 0) is 36.3 Å². The number of fused-ring (bicyclic) bond motifs is 3. The van der Waals surface area contributed by atoms with Gasteiger partial charge in [0.05, 0.1) is 38.3 Å². The van der Waals surface area contributed by atoms with Crippen LogP contribution < -0.4 is 0 Å². The Morgan fingerprint density at radius 1 is 1.15 bits per heavy atom. The maximum Gasteiger partial charge on any atom is 0.334 e. The number of ether oxygens (including phenoxy) is 4. The molecule has 1 saturated carbocycles. The largest absolute Gasteiger partial charge is 0.472 e. The van der Waals surface area contributed by atoms with Crippen LogP contribution in [0.15, 0.2) is 34.7 Å². The summed E-state index contributed by atoms with van der Waals surface area (Å²) in [6.07, 6.45) is -4.67. The van der Waals surface area contributed by atoms with Gasteiger partial charge in [-0.25, -0.2) is 4.79 Å². The summed E-state index contributed by atoms with van der Waals surface area (Å²) in [5, 5.41) is 40.8. The van der Waals surface area contributed by atoms with Gasteiger partial charge in [0, 0.05) is 23.0 Å². The molecular weight excluding hydrogens is 516 g/mol. The summed E-state index contributed by atoms with van der Waals surface area (Å²) in [6, 6.07) is 1.71. The molecule has 2 aliphatic heterocycles. The molecule has 3 fully saturated rings. The summed E-state index contributed by atoms with van der Waals surface area (Å²) in [6.45, 7) is 3.01. The summed E-state index contributed by atoms with van der Waals surface area (Å²) < 4.78 is 27.9. The molecule has 11 atom stereocenters. The van der Waals surface area contributed by atoms with Crippen LogP contribution in [0.1, 0.15) is 44.8 Å². The number of aliphatic hydroxyl groups excluding tert-OH is 4. The van der Waals surface area contributed by atoms with E-state index in [2.05, 4.69) is 0 Å². The molecule has 1 aromatic heterocycles. The van der Waals surface area contributed by atoms with Crippen LogP contribution in [-0.2, 0) is 33.3 Å². The van der Waals surface area contributed by atoms with Crippen molar-refractivity contribution in [2.75, 3.05) is 13.7 Å². The Labute approximate surface area is 224 Å². The van der Waals surface area contributed by atoms with Gasteiger partial charge in [-0.15, -0.1) is 0 Å². The van der Waals surface area contributed by atoms with Crippen LogP contribution in [0.3, 0.4) is 0 Å². The number of ketones is 1. The first-order valence-electron chi connectivity index (χ1n) is 13.0. The first-order chi connectivity index (χ1) is 18.4. The first-order valence-corrected chi connectivity index (χ1v) is 13.0. The Bertz CT molecular complexity index is 1140. The summed E-state index contributed by atoms with van der Waals surface area (Å²) in [5.41, 5.74) is -1.26. The number of allylic oxidation sites excluding steroid dienone is 1. The Balaban J connectivity index is 1.57. The second-order valence-electron chi connectivity index (χ2n) is 11.4. The third-order valence-electron chi connectivity index (χ3n) is 9.36. The van der Waals surface area contributed by atoms with E-state index in [0.29, 0.717) is 12.0 Å². The lowest BCUT2D eigenvalue weighted by Crippen LogP contribution is -2.65. The molecular formula is C27H34O12. The standard InChI is InChI=1S/C27H34O12/c1-26-9-16(12-4-5-36-11-12)37-24(34)14(26)8-19(39-25-22(32)21(31)20(30)17(10-28)38-25)27(2)15(23(33)35-3)6-13(29)7-18(26)27/h4-6,11,14,16-22,25,28,30-32H,7-10H2,1-3H3. The highest BCUT2D eigenvalue weighted by atomic mass is 16.7. The van der Waals surface area contributed by atoms with Gasteiger partial charge in [0.25, 0.3) is 0 Å². The fourth-order valence-corrected chi connectivity index (χ4v) is 7.15. The lowest BCUT2D eigenvalue weighted by atomic mass is 9.44. The maximum atomic E-state index is 13.5. The lowest BCUT2D eigenvalue weighted by Gasteiger charge is -2.62. The summed E-state index contributed by atoms with van der Waals surface area (Å²) >= 11 is 0. The average molecular weight is 551 g/mol. The molecule has 12 heteroatoms. The monoisotopic (exact) mass is 550 g/mol. The number of hydrogen-bond donors (Lipinski definition) is 4. The van der Waals surface area contributed by atoms with Gasteiger partial charge in [0.2, 0.25) is 0 Å². The van der Waals surface area contributed by atoms with Crippen LogP contribution in [0, 0.1) is 22.7 Å². The van der Waals surface area contributed by atoms with E-state index in [1.807, 2.05) is 6.92 Å². The topological polar surface area (TPSA) is 182 Å². The van der Waals surface area contributed by atoms with Gasteiger partial charge in [-0.2, -0.15) is 0 Å². The van der Waals surface area contributed by atoms with Gasteiger partial charge in [-0.3, -0.25) is 9.59 Å². The van der Waals surface area contributed by atoms with E-state index in [1.54, 1.807) is 13.0 Å². The molecule has 0 amide bonds. The number of rotatable bonds is 5. The van der Waals surface area contributed by atoms with Crippen molar-refractivity contribution in [3.05, 3.63) is 35.8 Å². The molecule has 11 unspecified atom stereocenters. The van der Waals surface area contributed by atoms with E-state index < -0.39 is 84.1 Å². The molecule has 4 aliphatic rings. The van der Waals surface area contributed by atoms with Gasteiger partial charge in [0.15, 0.2) is 12.1 Å². The highest BCUT2D eigenvalue weighted by molar-refractivity contribution is 6.02. The molecule has 5 rings (SSSR count). The zero-order valence-electron chi connectivity index (χ0n) is 21.9. The Hall–Kier alpha value is -2.61. The molecule has 0 aromatic carbocycles. The number of aliphatic hydroxyl groups is 4. The van der Waals surface area contributed by atoms with Crippen LogP contribution in [0.2, 0.25) is 0 Å². The minimum absolute atomic E-state index is 0.0178. The predicted molar refractivity (Wildman–Crippen MR) is 128 cm³/mol. The van der Waals surface area contributed by atoms with E-state index in [9.17, 15) is 34.8 Å². The number of carbonyl (C=O) groups excluding carboxylic acids is 3. The van der Waals surface area contributed by atoms with Gasteiger partial charge >= 0.3 is 11.9 Å². The highest BCUT2D eigenvalue weighted by Crippen LogP contribution is 2.65. The Morgan fingerprint density at radius 2 is 1.90 bits per heavy atom. The Kier molecular flexibility index (Phi) is 7.23. The van der Waals surface area contributed by atoms with Gasteiger partial charge in [-0.1, -0.05) is 13.8 Å². The van der Waals surface area contributed by atoms with Crippen LogP contribution in [-0.4, -0.2) is 88.7 Å². The van der Waals surface area contributed by atoms with Crippen LogP contribution in [0.4, 0.5) is 0 Å². The van der Waals surface area contributed by atoms with E-state index in [1.165, 1.54) is 25.7 Å². The smallest absolute Gasteiger partial charge is 0.334 e. The minimum Gasteiger partial charge on any atom is -0.472 e. The lowest BCUT2D eigenvalue weighted by molar-refractivity contribution is -0.328. The fraction of sp³-hybridized carbons (Fsp3) is 0.667. The zero-order valence-corrected chi connectivity index (χ0v) is 21.9. The van der Waals surface area contributed by atoms with E-state index in [-0.39, 0.29) is 24.2 Å². The first kappa shape index (κ1) is 27.9. The normalized spacial score (nSPS) is 44.1. The zero-order chi connectivity index (χ0) is 28.3. The molecule has 39 heavy (non-hydrogen) atoms. The van der Waals surface area contributed by atoms with E-state index >= 15 is 0 Å². The van der Waals surface area contributed by atoms with E-state index in [0.717, 1.165) is 0 Å². The number of furan rings is 1. The fourth-order valence-electron chi connectivity index (χ4n) is 7.15. The SMILES string of the molecule is COC(=O)C1=CC(=O)CC2C3(C)CC(c4ccoc4)OC(=O)C3CC(OC3OC(CO)C(O)C(O)C3O)C12C. The number of methoxy groups -OCH3 is 1. The van der Waals surface area contributed by atoms with Crippen molar-refractivity contribution in [2.45, 2.75) is 76.0 Å². The number of hydrogen-bond acceptors (Lipinski definition) is 12. The molecule has 0 radical (unpaired) electrons. The maximum absolute atomic E-state index is 13.5. The summed E-state index contributed by atoms with van der Waals surface area (Å²) in [5.74, 6) is -2.86. The van der Waals surface area contributed by atoms with Crippen molar-refractivity contribution in [1.82, 2.24) is 0 Å². The number of esters is 2. The quantitative estimate of drug-likeness (QED) is 0.365. The van der Waals surface area contributed by atoms with Crippen molar-refractivity contribution >= 4 is 17.7 Å². The molecule has 12 nitrogen and oxygen atoms in total. The molecule has 2 aliphatic carbocycles. The van der Waals surface area contributed by atoms with Crippen LogP contribution >= 0.6 is 0 Å². The predicted octanol–water partition coefficient (Wildman–Crippen LogP) is 0.174. The van der Waals surface area contributed by atoms with Crippen LogP contribution in [0.5, 0.6) is 0 Å². The second kappa shape index (κ2) is 10.1. The molecule has 0 bridgehead atoms. The molecule has 3 heterocycles. The van der Waals surface area contributed by atoms with Crippen molar-refractivity contribution in [1.29, 1.82) is 0 Å². The third-order valence-corrected chi connectivity index (χ3v) is 9.36. The van der Waals surface area contributed by atoms with Crippen molar-refractivity contribution in [3.8, 4) is 0 Å². The van der Waals surface area contributed by atoms with Crippen molar-refractivity contribution in [2.24, 2.45) is 22.7 Å². The number of cyclic esters (lactones) is 1. The Morgan fingerprint density at radius 3 is 2.54 bits per heavy atom. The number of carbonyl (C=O) groups is 3. The summed E-state index contributed by atoms with van der Waals surface area (Å²) in [4.78, 5) is 39.5. The molecule has 2 saturated heterocycles. The summed E-state index contributed by atoms with van der Waals surface area (Å²) in [7, 11) is 1.20. The minimum atomic E-state index is -1.70. The molecule has 1 aromatic rings. The van der Waals surface area contributed by atoms with E-state index in [4.69, 9.17) is 23.4 Å². The molecule has 4 N–H and O–H groups in total. The van der Waals surface area contributed by atoms with Gasteiger partial charge < -0.3 is 43.8 Å². The van der Waals surface area contributed by atoms with Crippen LogP contribution in [0.25, 0.3) is 0 Å². The average Bonchev–Trinajstić information content (AvgIpc) is 3.45.